The van der Waals surface area contributed by atoms with Crippen molar-refractivity contribution in [3.05, 3.63) is 44.8 Å². The molecule has 0 radical (unpaired) electrons. The minimum absolute atomic E-state index is 0.264. The Bertz CT molecular complexity index is 581. The first-order chi connectivity index (χ1) is 9.15. The van der Waals surface area contributed by atoms with Crippen molar-refractivity contribution in [1.29, 1.82) is 0 Å². The summed E-state index contributed by atoms with van der Waals surface area (Å²) in [6, 6.07) is 5.77. The fourth-order valence-electron chi connectivity index (χ4n) is 2.18. The second-order valence-electron chi connectivity index (χ2n) is 4.82. The summed E-state index contributed by atoms with van der Waals surface area (Å²) >= 11 is 4.85. The van der Waals surface area contributed by atoms with Crippen molar-refractivity contribution in [1.82, 2.24) is 0 Å². The summed E-state index contributed by atoms with van der Waals surface area (Å²) in [6.07, 6.45) is 2.31. The van der Waals surface area contributed by atoms with Crippen LogP contribution in [0.5, 0.6) is 0 Å². The number of nitrogen functional groups attached to an aromatic ring is 1. The van der Waals surface area contributed by atoms with Crippen LogP contribution in [0.2, 0.25) is 0 Å². The smallest absolute Gasteiger partial charge is 0.139 e. The third-order valence-electron chi connectivity index (χ3n) is 3.30. The zero-order valence-electron chi connectivity index (χ0n) is 10.3. The maximum absolute atomic E-state index is 13.8. The Morgan fingerprint density at radius 1 is 1.42 bits per heavy atom. The molecule has 2 nitrogen and oxygen atoms in total. The zero-order valence-corrected chi connectivity index (χ0v) is 12.7. The van der Waals surface area contributed by atoms with Crippen LogP contribution in [0.25, 0.3) is 0 Å². The van der Waals surface area contributed by atoms with Gasteiger partial charge in [0.2, 0.25) is 0 Å². The van der Waals surface area contributed by atoms with Crippen molar-refractivity contribution in [3.8, 4) is 0 Å². The highest BCUT2D eigenvalue weighted by Crippen LogP contribution is 2.38. The van der Waals surface area contributed by atoms with Crippen molar-refractivity contribution in [2.24, 2.45) is 0 Å². The van der Waals surface area contributed by atoms with Crippen LogP contribution in [-0.2, 0) is 6.54 Å². The molecule has 1 aromatic heterocycles. The molecule has 0 saturated heterocycles. The molecule has 1 saturated carbocycles. The van der Waals surface area contributed by atoms with E-state index in [1.54, 1.807) is 17.4 Å². The average Bonchev–Trinajstić information content (AvgIpc) is 3.09. The van der Waals surface area contributed by atoms with Gasteiger partial charge in [-0.05, 0) is 57.2 Å². The SMILES string of the molecule is Nc1cc(Br)c(F)cc1N(Cc1ccsc1)C1CC1. The first-order valence-electron chi connectivity index (χ1n) is 6.17. The van der Waals surface area contributed by atoms with Crippen LogP contribution in [-0.4, -0.2) is 6.04 Å². The van der Waals surface area contributed by atoms with E-state index in [1.165, 1.54) is 11.6 Å². The molecule has 0 atom stereocenters. The predicted molar refractivity (Wildman–Crippen MR) is 82.0 cm³/mol. The number of hydrogen-bond acceptors (Lipinski definition) is 3. The molecule has 100 valence electrons. The van der Waals surface area contributed by atoms with Gasteiger partial charge in [-0.3, -0.25) is 0 Å². The van der Waals surface area contributed by atoms with Crippen LogP contribution in [0.1, 0.15) is 18.4 Å². The molecule has 0 spiro atoms. The maximum atomic E-state index is 13.8. The number of nitrogens with zero attached hydrogens (tertiary/aromatic N) is 1. The van der Waals surface area contributed by atoms with Gasteiger partial charge in [0.25, 0.3) is 0 Å². The summed E-state index contributed by atoms with van der Waals surface area (Å²) in [7, 11) is 0. The number of benzene rings is 1. The molecule has 1 aromatic carbocycles. The Kier molecular flexibility index (Phi) is 3.50. The van der Waals surface area contributed by atoms with Gasteiger partial charge in [0, 0.05) is 18.7 Å². The second kappa shape index (κ2) is 5.13. The van der Waals surface area contributed by atoms with Gasteiger partial charge in [0.15, 0.2) is 0 Å². The molecule has 1 heterocycles. The van der Waals surface area contributed by atoms with E-state index in [-0.39, 0.29) is 5.82 Å². The topological polar surface area (TPSA) is 29.3 Å². The molecule has 2 N–H and O–H groups in total. The first kappa shape index (κ1) is 12.9. The van der Waals surface area contributed by atoms with Gasteiger partial charge in [0.05, 0.1) is 15.8 Å². The Morgan fingerprint density at radius 2 is 2.21 bits per heavy atom. The van der Waals surface area contributed by atoms with Gasteiger partial charge in [-0.1, -0.05) is 0 Å². The van der Waals surface area contributed by atoms with Crippen LogP contribution in [0, 0.1) is 5.82 Å². The molecule has 0 amide bonds. The number of thiophene rings is 1. The minimum atomic E-state index is -0.264. The number of anilines is 2. The van der Waals surface area contributed by atoms with E-state index >= 15 is 0 Å². The normalized spacial score (nSPS) is 14.6. The van der Waals surface area contributed by atoms with E-state index in [0.717, 1.165) is 25.1 Å². The fourth-order valence-corrected chi connectivity index (χ4v) is 3.20. The lowest BCUT2D eigenvalue weighted by Crippen LogP contribution is -2.25. The lowest BCUT2D eigenvalue weighted by atomic mass is 10.2. The molecule has 19 heavy (non-hydrogen) atoms. The maximum Gasteiger partial charge on any atom is 0.139 e. The van der Waals surface area contributed by atoms with Crippen molar-refractivity contribution in [2.45, 2.75) is 25.4 Å². The van der Waals surface area contributed by atoms with E-state index in [1.807, 2.05) is 0 Å². The molecule has 3 rings (SSSR count). The van der Waals surface area contributed by atoms with Crippen molar-refractivity contribution >= 4 is 38.6 Å². The first-order valence-corrected chi connectivity index (χ1v) is 7.91. The molecule has 1 fully saturated rings. The average molecular weight is 341 g/mol. The van der Waals surface area contributed by atoms with E-state index in [9.17, 15) is 4.39 Å². The highest BCUT2D eigenvalue weighted by molar-refractivity contribution is 9.10. The van der Waals surface area contributed by atoms with Crippen LogP contribution in [0.3, 0.4) is 0 Å². The minimum Gasteiger partial charge on any atom is -0.397 e. The van der Waals surface area contributed by atoms with E-state index < -0.39 is 0 Å². The Labute approximate surface area is 124 Å². The van der Waals surface area contributed by atoms with Gasteiger partial charge in [-0.15, -0.1) is 0 Å². The lowest BCUT2D eigenvalue weighted by Gasteiger charge is -2.26. The quantitative estimate of drug-likeness (QED) is 0.835. The Hall–Kier alpha value is -1.07. The van der Waals surface area contributed by atoms with Gasteiger partial charge >= 0.3 is 0 Å². The van der Waals surface area contributed by atoms with Gasteiger partial charge in [-0.2, -0.15) is 11.3 Å². The summed E-state index contributed by atoms with van der Waals surface area (Å²) in [5.41, 5.74) is 8.72. The standard InChI is InChI=1S/C14H14BrFN2S/c15-11-5-13(17)14(6-12(11)16)18(10-1-2-10)7-9-3-4-19-8-9/h3-6,8,10H,1-2,7,17H2. The molecular formula is C14H14BrFN2S. The van der Waals surface area contributed by atoms with Gasteiger partial charge in [-0.25, -0.2) is 4.39 Å². The van der Waals surface area contributed by atoms with E-state index in [4.69, 9.17) is 5.73 Å². The summed E-state index contributed by atoms with van der Waals surface area (Å²) in [6.45, 7) is 0.791. The van der Waals surface area contributed by atoms with Gasteiger partial charge in [0.1, 0.15) is 5.82 Å². The van der Waals surface area contributed by atoms with Crippen LogP contribution in [0.4, 0.5) is 15.8 Å². The van der Waals surface area contributed by atoms with Gasteiger partial charge < -0.3 is 10.6 Å². The predicted octanol–water partition coefficient (Wildman–Crippen LogP) is 4.40. The van der Waals surface area contributed by atoms with Crippen molar-refractivity contribution < 1.29 is 4.39 Å². The third-order valence-corrected chi connectivity index (χ3v) is 4.64. The number of nitrogens with two attached hydrogens (primary N) is 1. The third kappa shape index (κ3) is 2.77. The Balaban J connectivity index is 1.94. The Morgan fingerprint density at radius 3 is 2.84 bits per heavy atom. The summed E-state index contributed by atoms with van der Waals surface area (Å²) in [5.74, 6) is -0.264. The highest BCUT2D eigenvalue weighted by atomic mass is 79.9. The molecule has 0 bridgehead atoms. The lowest BCUT2D eigenvalue weighted by molar-refractivity contribution is 0.619. The second-order valence-corrected chi connectivity index (χ2v) is 6.45. The van der Waals surface area contributed by atoms with E-state index in [0.29, 0.717) is 16.2 Å². The molecule has 5 heteroatoms. The molecule has 0 aliphatic heterocycles. The van der Waals surface area contributed by atoms with Crippen LogP contribution < -0.4 is 10.6 Å². The molecular weight excluding hydrogens is 327 g/mol. The number of hydrogen-bond donors (Lipinski definition) is 1. The zero-order chi connectivity index (χ0) is 13.4. The van der Waals surface area contributed by atoms with Crippen molar-refractivity contribution in [2.75, 3.05) is 10.6 Å². The fraction of sp³-hybridized carbons (Fsp3) is 0.286. The summed E-state index contributed by atoms with van der Waals surface area (Å²) in [5, 5.41) is 4.19. The summed E-state index contributed by atoms with van der Waals surface area (Å²) < 4.78 is 14.2. The molecule has 2 aromatic rings. The monoisotopic (exact) mass is 340 g/mol. The van der Waals surface area contributed by atoms with E-state index in [2.05, 4.69) is 37.7 Å². The molecule has 0 unspecified atom stereocenters. The number of rotatable bonds is 4. The van der Waals surface area contributed by atoms with Crippen LogP contribution in [0.15, 0.2) is 33.4 Å². The largest absolute Gasteiger partial charge is 0.397 e. The molecule has 1 aliphatic rings. The summed E-state index contributed by atoms with van der Waals surface area (Å²) in [4.78, 5) is 2.22. The molecule has 1 aliphatic carbocycles. The highest BCUT2D eigenvalue weighted by Gasteiger charge is 2.30. The van der Waals surface area contributed by atoms with Crippen LogP contribution >= 0.6 is 27.3 Å². The van der Waals surface area contributed by atoms with Crippen molar-refractivity contribution in [3.63, 3.8) is 0 Å². The number of halogens is 2.